The molecule has 3 aromatic carbocycles. The van der Waals surface area contributed by atoms with Gasteiger partial charge in [-0.1, -0.05) is 48.5 Å². The topological polar surface area (TPSA) is 43.6 Å². The molecule has 4 nitrogen and oxygen atoms in total. The van der Waals surface area contributed by atoms with E-state index in [1.54, 1.807) is 0 Å². The van der Waals surface area contributed by atoms with Crippen molar-refractivity contribution in [2.24, 2.45) is 0 Å². The van der Waals surface area contributed by atoms with Crippen LogP contribution in [-0.4, -0.2) is 19.5 Å². The molecule has 0 saturated heterocycles. The van der Waals surface area contributed by atoms with Crippen LogP contribution in [-0.2, 0) is 0 Å². The standard InChI is InChI=1S/C25H16N4/c1-2-9-23-22(8-1)27-16-29(23)20-7-3-5-19(15-20)21-13-12-18-11-10-17-6-4-14-26-24(17)25(18)28-21/h1-16H. The van der Waals surface area contributed by atoms with E-state index in [9.17, 15) is 0 Å². The molecule has 4 heteroatoms. The lowest BCUT2D eigenvalue weighted by Crippen LogP contribution is -1.93. The van der Waals surface area contributed by atoms with Gasteiger partial charge in [0.25, 0.3) is 0 Å². The van der Waals surface area contributed by atoms with E-state index in [0.29, 0.717) is 0 Å². The van der Waals surface area contributed by atoms with Crippen LogP contribution in [0.4, 0.5) is 0 Å². The number of hydrogen-bond acceptors (Lipinski definition) is 3. The van der Waals surface area contributed by atoms with Crippen LogP contribution < -0.4 is 0 Å². The number of rotatable bonds is 2. The third kappa shape index (κ3) is 2.57. The van der Waals surface area contributed by atoms with Gasteiger partial charge in [-0.2, -0.15) is 0 Å². The SMILES string of the molecule is c1cc(-c2ccc3ccc4cccnc4c3n2)cc(-n2cnc3ccccc32)c1. The van der Waals surface area contributed by atoms with Gasteiger partial charge < -0.3 is 0 Å². The fourth-order valence-electron chi connectivity index (χ4n) is 3.86. The Balaban J connectivity index is 1.53. The van der Waals surface area contributed by atoms with E-state index < -0.39 is 0 Å². The first-order chi connectivity index (χ1) is 14.4. The smallest absolute Gasteiger partial charge is 0.100 e. The first kappa shape index (κ1) is 16.0. The summed E-state index contributed by atoms with van der Waals surface area (Å²) in [6.07, 6.45) is 3.69. The van der Waals surface area contributed by atoms with Crippen molar-refractivity contribution in [1.29, 1.82) is 0 Å². The third-order valence-electron chi connectivity index (χ3n) is 5.31. The number of benzene rings is 3. The van der Waals surface area contributed by atoms with Crippen LogP contribution in [0.5, 0.6) is 0 Å². The van der Waals surface area contributed by atoms with Gasteiger partial charge >= 0.3 is 0 Å². The van der Waals surface area contributed by atoms with Gasteiger partial charge in [0.05, 0.1) is 27.8 Å². The highest BCUT2D eigenvalue weighted by Crippen LogP contribution is 2.27. The number of hydrogen-bond donors (Lipinski definition) is 0. The first-order valence-electron chi connectivity index (χ1n) is 9.54. The van der Waals surface area contributed by atoms with E-state index in [1.807, 2.05) is 36.8 Å². The second kappa shape index (κ2) is 6.24. The average molecular weight is 372 g/mol. The Morgan fingerprint density at radius 3 is 2.48 bits per heavy atom. The van der Waals surface area contributed by atoms with E-state index in [4.69, 9.17) is 4.98 Å². The summed E-state index contributed by atoms with van der Waals surface area (Å²) in [4.78, 5) is 14.0. The van der Waals surface area contributed by atoms with Crippen LogP contribution in [0.1, 0.15) is 0 Å². The maximum absolute atomic E-state index is 4.97. The van der Waals surface area contributed by atoms with E-state index in [0.717, 1.165) is 49.8 Å². The van der Waals surface area contributed by atoms with Crippen LogP contribution in [0.2, 0.25) is 0 Å². The van der Waals surface area contributed by atoms with Crippen molar-refractivity contribution in [1.82, 2.24) is 19.5 Å². The quantitative estimate of drug-likeness (QED) is 0.361. The summed E-state index contributed by atoms with van der Waals surface area (Å²) in [5.41, 5.74) is 7.00. The molecule has 0 amide bonds. The van der Waals surface area contributed by atoms with Crippen molar-refractivity contribution in [2.75, 3.05) is 0 Å². The predicted octanol–water partition coefficient (Wildman–Crippen LogP) is 5.79. The second-order valence-corrected chi connectivity index (χ2v) is 7.06. The van der Waals surface area contributed by atoms with Gasteiger partial charge in [0.2, 0.25) is 0 Å². The summed E-state index contributed by atoms with van der Waals surface area (Å²) in [7, 11) is 0. The summed E-state index contributed by atoms with van der Waals surface area (Å²) in [6, 6.07) is 29.0. The highest BCUT2D eigenvalue weighted by molar-refractivity contribution is 6.03. The molecule has 0 aliphatic rings. The minimum Gasteiger partial charge on any atom is -0.299 e. The summed E-state index contributed by atoms with van der Waals surface area (Å²) < 4.78 is 2.11. The Bertz CT molecular complexity index is 1510. The zero-order valence-corrected chi connectivity index (χ0v) is 15.5. The molecular weight excluding hydrogens is 356 g/mol. The molecule has 0 saturated carbocycles. The van der Waals surface area contributed by atoms with Crippen LogP contribution in [0.15, 0.2) is 97.5 Å². The average Bonchev–Trinajstić information content (AvgIpc) is 3.23. The lowest BCUT2D eigenvalue weighted by molar-refractivity contribution is 1.09. The van der Waals surface area contributed by atoms with Crippen molar-refractivity contribution < 1.29 is 0 Å². The molecule has 0 N–H and O–H groups in total. The summed E-state index contributed by atoms with van der Waals surface area (Å²) in [5.74, 6) is 0. The van der Waals surface area contributed by atoms with Crippen LogP contribution >= 0.6 is 0 Å². The van der Waals surface area contributed by atoms with Crippen molar-refractivity contribution in [3.8, 4) is 16.9 Å². The molecule has 3 heterocycles. The monoisotopic (exact) mass is 372 g/mol. The molecule has 29 heavy (non-hydrogen) atoms. The number of fused-ring (bicyclic) bond motifs is 4. The van der Waals surface area contributed by atoms with Gasteiger partial charge in [0, 0.05) is 28.2 Å². The highest BCUT2D eigenvalue weighted by atomic mass is 15.0. The van der Waals surface area contributed by atoms with Crippen LogP contribution in [0.25, 0.3) is 49.8 Å². The van der Waals surface area contributed by atoms with Gasteiger partial charge in [-0.05, 0) is 36.4 Å². The maximum atomic E-state index is 4.97. The summed E-state index contributed by atoms with van der Waals surface area (Å²) >= 11 is 0. The molecule has 6 aromatic rings. The van der Waals surface area contributed by atoms with Crippen LogP contribution in [0.3, 0.4) is 0 Å². The molecule has 136 valence electrons. The lowest BCUT2D eigenvalue weighted by Gasteiger charge is -2.09. The Morgan fingerprint density at radius 2 is 1.52 bits per heavy atom. The number of imidazole rings is 1. The minimum atomic E-state index is 0.930. The van der Waals surface area contributed by atoms with Gasteiger partial charge in [-0.15, -0.1) is 0 Å². The zero-order chi connectivity index (χ0) is 19.2. The molecule has 6 rings (SSSR count). The summed E-state index contributed by atoms with van der Waals surface area (Å²) in [5, 5.41) is 2.19. The Morgan fingerprint density at radius 1 is 0.655 bits per heavy atom. The Kier molecular flexibility index (Phi) is 3.43. The predicted molar refractivity (Wildman–Crippen MR) is 117 cm³/mol. The molecule has 0 bridgehead atoms. The van der Waals surface area contributed by atoms with Crippen molar-refractivity contribution in [3.05, 3.63) is 97.5 Å². The lowest BCUT2D eigenvalue weighted by atomic mass is 10.1. The molecule has 0 spiro atoms. The molecule has 0 aliphatic carbocycles. The largest absolute Gasteiger partial charge is 0.299 e. The van der Waals surface area contributed by atoms with Crippen molar-refractivity contribution in [3.63, 3.8) is 0 Å². The third-order valence-corrected chi connectivity index (χ3v) is 5.31. The van der Waals surface area contributed by atoms with Crippen molar-refractivity contribution in [2.45, 2.75) is 0 Å². The van der Waals surface area contributed by atoms with E-state index in [2.05, 4.69) is 75.2 Å². The Labute approximate surface area is 167 Å². The normalized spacial score (nSPS) is 11.4. The van der Waals surface area contributed by atoms with Crippen molar-refractivity contribution >= 4 is 32.8 Å². The molecule has 0 unspecified atom stereocenters. The molecule has 0 radical (unpaired) electrons. The first-order valence-corrected chi connectivity index (χ1v) is 9.54. The molecule has 0 fully saturated rings. The highest BCUT2D eigenvalue weighted by Gasteiger charge is 2.09. The summed E-state index contributed by atoms with van der Waals surface area (Å²) in [6.45, 7) is 0. The molecule has 3 aromatic heterocycles. The number of nitrogens with zero attached hydrogens (tertiary/aromatic N) is 4. The fraction of sp³-hybridized carbons (Fsp3) is 0. The zero-order valence-electron chi connectivity index (χ0n) is 15.5. The molecular formula is C25H16N4. The van der Waals surface area contributed by atoms with E-state index >= 15 is 0 Å². The molecule has 0 aliphatic heterocycles. The minimum absolute atomic E-state index is 0.930. The van der Waals surface area contributed by atoms with Crippen LogP contribution in [0, 0.1) is 0 Å². The van der Waals surface area contributed by atoms with Gasteiger partial charge in [-0.25, -0.2) is 9.97 Å². The Hall–Kier alpha value is -4.05. The van der Waals surface area contributed by atoms with Gasteiger partial charge in [0.1, 0.15) is 6.33 Å². The van der Waals surface area contributed by atoms with E-state index in [-0.39, 0.29) is 0 Å². The number of para-hydroxylation sites is 2. The second-order valence-electron chi connectivity index (χ2n) is 7.06. The number of aromatic nitrogens is 4. The van der Waals surface area contributed by atoms with Gasteiger partial charge in [0.15, 0.2) is 0 Å². The molecule has 0 atom stereocenters. The van der Waals surface area contributed by atoms with Gasteiger partial charge in [-0.3, -0.25) is 9.55 Å². The van der Waals surface area contributed by atoms with E-state index in [1.165, 1.54) is 0 Å². The fourth-order valence-corrected chi connectivity index (χ4v) is 3.86. The maximum Gasteiger partial charge on any atom is 0.100 e. The number of pyridine rings is 2.